The number of piperidine rings is 1. The Balaban J connectivity index is 1.39. The molecule has 2 aliphatic rings. The third-order valence-electron chi connectivity index (χ3n) is 5.05. The highest BCUT2D eigenvalue weighted by Crippen LogP contribution is 2.38. The number of amides is 1. The zero-order valence-corrected chi connectivity index (χ0v) is 13.8. The molecule has 1 aromatic carbocycles. The summed E-state index contributed by atoms with van der Waals surface area (Å²) in [6, 6.07) is 4.69. The van der Waals surface area contributed by atoms with Gasteiger partial charge in [-0.3, -0.25) is 9.89 Å². The van der Waals surface area contributed by atoms with Crippen LogP contribution in [0.1, 0.15) is 65.1 Å². The normalized spacial score (nSPS) is 18.8. The van der Waals surface area contributed by atoms with Gasteiger partial charge in [0.2, 0.25) is 0 Å². The molecule has 2 fully saturated rings. The Bertz CT molecular complexity index is 760. The molecule has 5 nitrogen and oxygen atoms in total. The van der Waals surface area contributed by atoms with E-state index < -0.39 is 0 Å². The number of aromatic amines is 1. The van der Waals surface area contributed by atoms with Crippen molar-refractivity contribution in [3.8, 4) is 0 Å². The van der Waals surface area contributed by atoms with E-state index in [-0.39, 0.29) is 11.7 Å². The Morgan fingerprint density at radius 1 is 1.21 bits per heavy atom. The summed E-state index contributed by atoms with van der Waals surface area (Å²) < 4.78 is 13.7. The van der Waals surface area contributed by atoms with E-state index in [1.54, 1.807) is 24.0 Å². The predicted octanol–water partition coefficient (Wildman–Crippen LogP) is 3.15. The summed E-state index contributed by atoms with van der Waals surface area (Å²) in [5.41, 5.74) is 0.981. The van der Waals surface area contributed by atoms with Crippen molar-refractivity contribution in [1.82, 2.24) is 20.1 Å². The minimum atomic E-state index is -0.329. The van der Waals surface area contributed by atoms with Crippen LogP contribution in [0.2, 0.25) is 0 Å². The van der Waals surface area contributed by atoms with Crippen molar-refractivity contribution >= 4 is 5.91 Å². The highest BCUT2D eigenvalue weighted by Gasteiger charge is 2.31. The van der Waals surface area contributed by atoms with Crippen LogP contribution in [-0.4, -0.2) is 39.1 Å². The Kier molecular flexibility index (Phi) is 3.82. The lowest BCUT2D eigenvalue weighted by molar-refractivity contribution is 0.0710. The molecule has 0 spiro atoms. The molecule has 6 heteroatoms. The van der Waals surface area contributed by atoms with E-state index >= 15 is 0 Å². The van der Waals surface area contributed by atoms with Gasteiger partial charge in [-0.25, -0.2) is 9.37 Å². The summed E-state index contributed by atoms with van der Waals surface area (Å²) in [6.07, 6.45) is 4.10. The summed E-state index contributed by atoms with van der Waals surface area (Å²) in [4.78, 5) is 19.0. The molecule has 1 saturated heterocycles. The molecule has 1 amide bonds. The number of halogens is 1. The number of aromatic nitrogens is 3. The molecule has 1 aliphatic heterocycles. The van der Waals surface area contributed by atoms with E-state index in [0.29, 0.717) is 36.1 Å². The highest BCUT2D eigenvalue weighted by molar-refractivity contribution is 5.94. The van der Waals surface area contributed by atoms with Crippen LogP contribution < -0.4 is 0 Å². The minimum absolute atomic E-state index is 0.0939. The fourth-order valence-electron chi connectivity index (χ4n) is 3.26. The monoisotopic (exact) mass is 328 g/mol. The van der Waals surface area contributed by atoms with Crippen LogP contribution in [-0.2, 0) is 0 Å². The molecule has 0 atom stereocenters. The largest absolute Gasteiger partial charge is 0.339 e. The number of rotatable bonds is 3. The second kappa shape index (κ2) is 6.00. The zero-order valence-electron chi connectivity index (χ0n) is 13.8. The van der Waals surface area contributed by atoms with Crippen LogP contribution in [0.25, 0.3) is 0 Å². The van der Waals surface area contributed by atoms with Crippen LogP contribution in [0.15, 0.2) is 18.2 Å². The molecular formula is C18H21FN4O. The van der Waals surface area contributed by atoms with Gasteiger partial charge in [0.25, 0.3) is 5.91 Å². The third-order valence-corrected chi connectivity index (χ3v) is 5.05. The van der Waals surface area contributed by atoms with Gasteiger partial charge < -0.3 is 4.90 Å². The van der Waals surface area contributed by atoms with Crippen LogP contribution in [0.3, 0.4) is 0 Å². The van der Waals surface area contributed by atoms with E-state index in [4.69, 9.17) is 0 Å². The lowest BCUT2D eigenvalue weighted by Gasteiger charge is -2.31. The second-order valence-electron chi connectivity index (χ2n) is 6.88. The molecule has 0 radical (unpaired) electrons. The smallest absolute Gasteiger partial charge is 0.253 e. The fraction of sp³-hybridized carbons (Fsp3) is 0.500. The van der Waals surface area contributed by atoms with Gasteiger partial charge in [0, 0.05) is 30.5 Å². The molecule has 2 aromatic rings. The molecule has 1 N–H and O–H groups in total. The maximum absolute atomic E-state index is 13.7. The molecule has 1 saturated carbocycles. The molecule has 0 unspecified atom stereocenters. The summed E-state index contributed by atoms with van der Waals surface area (Å²) in [6.45, 7) is 3.03. The van der Waals surface area contributed by atoms with Gasteiger partial charge in [-0.1, -0.05) is 6.07 Å². The van der Waals surface area contributed by atoms with Crippen LogP contribution in [0.5, 0.6) is 0 Å². The van der Waals surface area contributed by atoms with Crippen molar-refractivity contribution in [1.29, 1.82) is 0 Å². The number of hydrogen-bond acceptors (Lipinski definition) is 3. The number of nitrogens with zero attached hydrogens (tertiary/aromatic N) is 3. The van der Waals surface area contributed by atoms with Crippen molar-refractivity contribution in [2.45, 2.75) is 44.4 Å². The molecule has 2 heterocycles. The summed E-state index contributed by atoms with van der Waals surface area (Å²) in [7, 11) is 0. The summed E-state index contributed by atoms with van der Waals surface area (Å²) in [5, 5.41) is 7.39. The highest BCUT2D eigenvalue weighted by atomic mass is 19.1. The number of aryl methyl sites for hydroxylation is 1. The van der Waals surface area contributed by atoms with E-state index in [0.717, 1.165) is 24.5 Å². The number of likely N-dealkylation sites (tertiary alicyclic amines) is 1. The molecule has 24 heavy (non-hydrogen) atoms. The lowest BCUT2D eigenvalue weighted by Crippen LogP contribution is -2.38. The number of carbonyl (C=O) groups excluding carboxylic acids is 1. The lowest BCUT2D eigenvalue weighted by atomic mass is 9.95. The summed E-state index contributed by atoms with van der Waals surface area (Å²) in [5.74, 6) is 2.34. The van der Waals surface area contributed by atoms with Crippen LogP contribution in [0.4, 0.5) is 4.39 Å². The first-order chi connectivity index (χ1) is 11.6. The molecule has 126 valence electrons. The molecule has 1 aromatic heterocycles. The van der Waals surface area contributed by atoms with Crippen LogP contribution >= 0.6 is 0 Å². The maximum atomic E-state index is 13.7. The van der Waals surface area contributed by atoms with Gasteiger partial charge in [0.05, 0.1) is 0 Å². The Morgan fingerprint density at radius 2 is 1.96 bits per heavy atom. The minimum Gasteiger partial charge on any atom is -0.339 e. The number of hydrogen-bond donors (Lipinski definition) is 1. The van der Waals surface area contributed by atoms with E-state index in [1.165, 1.54) is 18.9 Å². The van der Waals surface area contributed by atoms with Gasteiger partial charge >= 0.3 is 0 Å². The first kappa shape index (κ1) is 15.3. The number of H-pyrrole nitrogens is 1. The average Bonchev–Trinajstić information content (AvgIpc) is 3.34. The van der Waals surface area contributed by atoms with Crippen molar-refractivity contribution < 1.29 is 9.18 Å². The number of carbonyl (C=O) groups is 1. The topological polar surface area (TPSA) is 61.9 Å². The van der Waals surface area contributed by atoms with Crippen molar-refractivity contribution in [2.75, 3.05) is 13.1 Å². The van der Waals surface area contributed by atoms with Crippen molar-refractivity contribution in [2.24, 2.45) is 0 Å². The first-order valence-electron chi connectivity index (χ1n) is 8.59. The number of nitrogens with one attached hydrogen (secondary N) is 1. The third kappa shape index (κ3) is 2.92. The molecular weight excluding hydrogens is 307 g/mol. The van der Waals surface area contributed by atoms with Gasteiger partial charge in [0.15, 0.2) is 5.82 Å². The second-order valence-corrected chi connectivity index (χ2v) is 6.88. The van der Waals surface area contributed by atoms with E-state index in [1.807, 2.05) is 0 Å². The number of benzene rings is 1. The predicted molar refractivity (Wildman–Crippen MR) is 87.4 cm³/mol. The zero-order chi connectivity index (χ0) is 16.7. The molecule has 0 bridgehead atoms. The average molecular weight is 328 g/mol. The van der Waals surface area contributed by atoms with Gasteiger partial charge in [-0.05, 0) is 50.3 Å². The maximum Gasteiger partial charge on any atom is 0.253 e. The molecule has 1 aliphatic carbocycles. The van der Waals surface area contributed by atoms with Gasteiger partial charge in [0.1, 0.15) is 11.6 Å². The van der Waals surface area contributed by atoms with Gasteiger partial charge in [-0.2, -0.15) is 5.10 Å². The van der Waals surface area contributed by atoms with Crippen LogP contribution in [0, 0.1) is 12.7 Å². The first-order valence-corrected chi connectivity index (χ1v) is 8.59. The Morgan fingerprint density at radius 3 is 2.62 bits per heavy atom. The van der Waals surface area contributed by atoms with Gasteiger partial charge in [-0.15, -0.1) is 0 Å². The van der Waals surface area contributed by atoms with E-state index in [2.05, 4.69) is 15.2 Å². The van der Waals surface area contributed by atoms with Crippen molar-refractivity contribution in [3.63, 3.8) is 0 Å². The molecule has 4 rings (SSSR count). The quantitative estimate of drug-likeness (QED) is 0.941. The fourth-order valence-corrected chi connectivity index (χ4v) is 3.26. The Hall–Kier alpha value is -2.24. The van der Waals surface area contributed by atoms with E-state index in [9.17, 15) is 9.18 Å². The SMILES string of the molecule is Cc1ccc(C(=O)N2CCC(c3nc(C4CC4)n[nH]3)CC2)cc1F. The Labute approximate surface area is 140 Å². The standard InChI is InChI=1S/C18H21FN4O/c1-11-2-3-14(10-15(11)19)18(24)23-8-6-13(7-9-23)17-20-16(21-22-17)12-4-5-12/h2-3,10,12-13H,4-9H2,1H3,(H,20,21,22). The summed E-state index contributed by atoms with van der Waals surface area (Å²) >= 11 is 0. The van der Waals surface area contributed by atoms with Crippen molar-refractivity contribution in [3.05, 3.63) is 46.8 Å².